The second kappa shape index (κ2) is 6.39. The molecule has 2 rings (SSSR count). The number of hydrazone groups is 1. The van der Waals surface area contributed by atoms with Gasteiger partial charge in [-0.25, -0.2) is 5.43 Å². The predicted molar refractivity (Wildman–Crippen MR) is 76.3 cm³/mol. The summed E-state index contributed by atoms with van der Waals surface area (Å²) in [5.74, 6) is -1.99. The maximum absolute atomic E-state index is 12.6. The van der Waals surface area contributed by atoms with Gasteiger partial charge in [-0.2, -0.15) is 18.3 Å². The number of halogens is 3. The van der Waals surface area contributed by atoms with Crippen LogP contribution in [0.2, 0.25) is 0 Å². The smallest absolute Gasteiger partial charge is 0.419 e. The summed E-state index contributed by atoms with van der Waals surface area (Å²) in [4.78, 5) is 11.7. The first-order chi connectivity index (χ1) is 10.8. The molecule has 0 bridgehead atoms. The number of benzene rings is 2. The number of alkyl halides is 3. The van der Waals surface area contributed by atoms with E-state index in [-0.39, 0.29) is 16.9 Å². The molecular formula is C15H11F3N2O3. The first kappa shape index (κ1) is 16.3. The van der Waals surface area contributed by atoms with Gasteiger partial charge in [-0.05, 0) is 24.3 Å². The van der Waals surface area contributed by atoms with Crippen molar-refractivity contribution in [3.8, 4) is 11.5 Å². The van der Waals surface area contributed by atoms with Gasteiger partial charge in [0.15, 0.2) is 0 Å². The fourth-order valence-corrected chi connectivity index (χ4v) is 1.78. The van der Waals surface area contributed by atoms with E-state index in [0.717, 1.165) is 18.3 Å². The lowest BCUT2D eigenvalue weighted by Crippen LogP contribution is -2.17. The van der Waals surface area contributed by atoms with Gasteiger partial charge in [-0.15, -0.1) is 0 Å². The van der Waals surface area contributed by atoms with E-state index in [9.17, 15) is 28.2 Å². The van der Waals surface area contributed by atoms with E-state index in [1.54, 1.807) is 0 Å². The molecule has 2 aromatic carbocycles. The van der Waals surface area contributed by atoms with E-state index in [1.165, 1.54) is 30.3 Å². The summed E-state index contributed by atoms with van der Waals surface area (Å²) < 4.78 is 37.9. The zero-order valence-corrected chi connectivity index (χ0v) is 11.5. The SMILES string of the molecule is O=C(N/N=C/c1cccc(C(F)(F)F)c1O)c1ccccc1O. The molecule has 2 aromatic rings. The van der Waals surface area contributed by atoms with E-state index >= 15 is 0 Å². The largest absolute Gasteiger partial charge is 0.507 e. The summed E-state index contributed by atoms with van der Waals surface area (Å²) in [5.41, 5.74) is 0.597. The van der Waals surface area contributed by atoms with Crippen molar-refractivity contribution < 1.29 is 28.2 Å². The predicted octanol–water partition coefficient (Wildman–Crippen LogP) is 2.88. The topological polar surface area (TPSA) is 81.9 Å². The van der Waals surface area contributed by atoms with Gasteiger partial charge in [-0.3, -0.25) is 4.79 Å². The molecule has 5 nitrogen and oxygen atoms in total. The Bertz CT molecular complexity index is 758. The number of para-hydroxylation sites is 2. The van der Waals surface area contributed by atoms with Crippen LogP contribution in [0.25, 0.3) is 0 Å². The Balaban J connectivity index is 2.16. The number of amides is 1. The first-order valence-electron chi connectivity index (χ1n) is 6.31. The van der Waals surface area contributed by atoms with Crippen molar-refractivity contribution in [2.45, 2.75) is 6.18 Å². The summed E-state index contributed by atoms with van der Waals surface area (Å²) in [6.07, 6.45) is -3.82. The summed E-state index contributed by atoms with van der Waals surface area (Å²) in [5, 5.41) is 22.6. The van der Waals surface area contributed by atoms with Gasteiger partial charge < -0.3 is 10.2 Å². The van der Waals surface area contributed by atoms with Crippen molar-refractivity contribution >= 4 is 12.1 Å². The van der Waals surface area contributed by atoms with Crippen molar-refractivity contribution in [3.05, 3.63) is 59.2 Å². The summed E-state index contributed by atoms with van der Waals surface area (Å²) in [7, 11) is 0. The third kappa shape index (κ3) is 3.79. The quantitative estimate of drug-likeness (QED) is 0.600. The molecule has 23 heavy (non-hydrogen) atoms. The highest BCUT2D eigenvalue weighted by atomic mass is 19.4. The zero-order chi connectivity index (χ0) is 17.0. The molecule has 0 aliphatic heterocycles. The lowest BCUT2D eigenvalue weighted by Gasteiger charge is -2.10. The highest BCUT2D eigenvalue weighted by molar-refractivity contribution is 5.97. The van der Waals surface area contributed by atoms with Crippen LogP contribution in [-0.2, 0) is 6.18 Å². The molecule has 0 aromatic heterocycles. The van der Waals surface area contributed by atoms with Crippen LogP contribution in [0.1, 0.15) is 21.5 Å². The molecular weight excluding hydrogens is 313 g/mol. The second-order valence-electron chi connectivity index (χ2n) is 4.46. The standard InChI is InChI=1S/C15H11F3N2O3/c16-15(17,18)11-6-3-4-9(13(11)22)8-19-20-14(23)10-5-1-2-7-12(10)21/h1-8,21-22H,(H,20,23)/b19-8+. The highest BCUT2D eigenvalue weighted by Gasteiger charge is 2.34. The fourth-order valence-electron chi connectivity index (χ4n) is 1.78. The van der Waals surface area contributed by atoms with Crippen molar-refractivity contribution in [2.75, 3.05) is 0 Å². The number of nitrogens with one attached hydrogen (secondary N) is 1. The molecule has 0 radical (unpaired) electrons. The summed E-state index contributed by atoms with van der Waals surface area (Å²) in [6, 6.07) is 8.74. The van der Waals surface area contributed by atoms with Crippen LogP contribution >= 0.6 is 0 Å². The highest BCUT2D eigenvalue weighted by Crippen LogP contribution is 2.36. The van der Waals surface area contributed by atoms with E-state index in [1.807, 2.05) is 0 Å². The Morgan fingerprint density at radius 3 is 2.43 bits per heavy atom. The van der Waals surface area contributed by atoms with Crippen LogP contribution in [0.5, 0.6) is 11.5 Å². The lowest BCUT2D eigenvalue weighted by atomic mass is 10.1. The number of phenols is 2. The molecule has 0 heterocycles. The van der Waals surface area contributed by atoms with Crippen LogP contribution in [0.15, 0.2) is 47.6 Å². The normalized spacial score (nSPS) is 11.6. The van der Waals surface area contributed by atoms with Gasteiger partial charge in [0.2, 0.25) is 0 Å². The third-order valence-corrected chi connectivity index (χ3v) is 2.89. The van der Waals surface area contributed by atoms with Gasteiger partial charge in [0.1, 0.15) is 11.5 Å². The van der Waals surface area contributed by atoms with Crippen molar-refractivity contribution in [3.63, 3.8) is 0 Å². The Labute approximate surface area is 128 Å². The van der Waals surface area contributed by atoms with Gasteiger partial charge in [0, 0.05) is 5.56 Å². The Kier molecular flexibility index (Phi) is 4.54. The van der Waals surface area contributed by atoms with Gasteiger partial charge in [-0.1, -0.05) is 18.2 Å². The molecule has 120 valence electrons. The fraction of sp³-hybridized carbons (Fsp3) is 0.0667. The van der Waals surface area contributed by atoms with Crippen LogP contribution in [0.3, 0.4) is 0 Å². The van der Waals surface area contributed by atoms with Crippen molar-refractivity contribution in [1.29, 1.82) is 0 Å². The third-order valence-electron chi connectivity index (χ3n) is 2.89. The van der Waals surface area contributed by atoms with Crippen molar-refractivity contribution in [1.82, 2.24) is 5.43 Å². The molecule has 0 fully saturated rings. The van der Waals surface area contributed by atoms with E-state index < -0.39 is 23.4 Å². The minimum Gasteiger partial charge on any atom is -0.507 e. The summed E-state index contributed by atoms with van der Waals surface area (Å²) >= 11 is 0. The number of hydrogen-bond acceptors (Lipinski definition) is 4. The van der Waals surface area contributed by atoms with Gasteiger partial charge >= 0.3 is 6.18 Å². The lowest BCUT2D eigenvalue weighted by molar-refractivity contribution is -0.138. The Morgan fingerprint density at radius 2 is 1.78 bits per heavy atom. The maximum Gasteiger partial charge on any atom is 0.419 e. The van der Waals surface area contributed by atoms with Crippen LogP contribution in [0, 0.1) is 0 Å². The molecule has 0 spiro atoms. The van der Waals surface area contributed by atoms with Crippen LogP contribution in [0.4, 0.5) is 13.2 Å². The molecule has 8 heteroatoms. The van der Waals surface area contributed by atoms with Crippen LogP contribution < -0.4 is 5.43 Å². The Hall–Kier alpha value is -3.03. The molecule has 3 N–H and O–H groups in total. The first-order valence-corrected chi connectivity index (χ1v) is 6.31. The molecule has 0 saturated carbocycles. The minimum atomic E-state index is -4.70. The zero-order valence-electron chi connectivity index (χ0n) is 11.5. The van der Waals surface area contributed by atoms with E-state index in [2.05, 4.69) is 10.5 Å². The average Bonchev–Trinajstić information content (AvgIpc) is 2.48. The molecule has 0 aliphatic rings. The average molecular weight is 324 g/mol. The minimum absolute atomic E-state index is 0.0436. The number of rotatable bonds is 3. The number of hydrogen-bond donors (Lipinski definition) is 3. The molecule has 1 amide bonds. The van der Waals surface area contributed by atoms with Crippen LogP contribution in [-0.4, -0.2) is 22.3 Å². The number of phenolic OH excluding ortho intramolecular Hbond substituents is 2. The molecule has 0 unspecified atom stereocenters. The van der Waals surface area contributed by atoms with Crippen molar-refractivity contribution in [2.24, 2.45) is 5.10 Å². The molecule has 0 saturated heterocycles. The number of carbonyl (C=O) groups is 1. The molecule has 0 atom stereocenters. The number of aromatic hydroxyl groups is 2. The van der Waals surface area contributed by atoms with Gasteiger partial charge in [0.25, 0.3) is 5.91 Å². The molecule has 0 aliphatic carbocycles. The maximum atomic E-state index is 12.6. The van der Waals surface area contributed by atoms with E-state index in [4.69, 9.17) is 0 Å². The monoisotopic (exact) mass is 324 g/mol. The second-order valence-corrected chi connectivity index (χ2v) is 4.46. The number of carbonyl (C=O) groups excluding carboxylic acids is 1. The summed E-state index contributed by atoms with van der Waals surface area (Å²) in [6.45, 7) is 0. The van der Waals surface area contributed by atoms with Gasteiger partial charge in [0.05, 0.1) is 17.3 Å². The number of nitrogens with zero attached hydrogens (tertiary/aromatic N) is 1. The Morgan fingerprint density at radius 1 is 1.09 bits per heavy atom. The van der Waals surface area contributed by atoms with E-state index in [0.29, 0.717) is 0 Å².